The third-order valence-electron chi connectivity index (χ3n) is 5.69. The topological polar surface area (TPSA) is 81.1 Å². The molecule has 8 heteroatoms. The van der Waals surface area contributed by atoms with Gasteiger partial charge >= 0.3 is 0 Å². The van der Waals surface area contributed by atoms with Gasteiger partial charge in [0, 0.05) is 18.7 Å². The molecular weight excluding hydrogens is 410 g/mol. The summed E-state index contributed by atoms with van der Waals surface area (Å²) in [4.78, 5) is 13.2. The van der Waals surface area contributed by atoms with E-state index in [0.717, 1.165) is 36.4 Å². The smallest absolute Gasteiger partial charge is 0.236 e. The Morgan fingerprint density at radius 1 is 1.19 bits per heavy atom. The van der Waals surface area contributed by atoms with Crippen molar-refractivity contribution in [2.24, 2.45) is 0 Å². The van der Waals surface area contributed by atoms with Gasteiger partial charge in [-0.05, 0) is 25.3 Å². The highest BCUT2D eigenvalue weighted by atomic mass is 32.2. The van der Waals surface area contributed by atoms with Crippen molar-refractivity contribution in [1.82, 2.24) is 20.2 Å². The van der Waals surface area contributed by atoms with Crippen LogP contribution in [-0.2, 0) is 9.53 Å². The lowest BCUT2D eigenvalue weighted by atomic mass is 10.0. The summed E-state index contributed by atoms with van der Waals surface area (Å²) in [6.45, 7) is 3.38. The normalized spacial score (nSPS) is 22.5. The van der Waals surface area contributed by atoms with Gasteiger partial charge in [0.25, 0.3) is 0 Å². The van der Waals surface area contributed by atoms with Gasteiger partial charge in [-0.15, -0.1) is 10.2 Å². The second kappa shape index (κ2) is 8.72. The number of thioether (sulfide) groups is 1. The Bertz CT molecular complexity index is 1050. The van der Waals surface area contributed by atoms with E-state index in [1.54, 1.807) is 0 Å². The van der Waals surface area contributed by atoms with E-state index in [-0.39, 0.29) is 23.3 Å². The number of ether oxygens (including phenoxy) is 1. The molecule has 3 atom stereocenters. The molecule has 7 nitrogen and oxygen atoms in total. The number of nitrogens with zero attached hydrogens (tertiary/aromatic N) is 3. The molecular formula is C23H25N5O2S. The van der Waals surface area contributed by atoms with Gasteiger partial charge in [0.05, 0.1) is 12.1 Å². The second-order valence-corrected chi connectivity index (χ2v) is 9.05. The van der Waals surface area contributed by atoms with Gasteiger partial charge in [-0.3, -0.25) is 4.79 Å². The van der Waals surface area contributed by atoms with Crippen LogP contribution >= 0.6 is 11.8 Å². The molecule has 2 aliphatic heterocycles. The zero-order chi connectivity index (χ0) is 21.2. The summed E-state index contributed by atoms with van der Waals surface area (Å²) >= 11 is 1.44. The quantitative estimate of drug-likeness (QED) is 0.640. The lowest BCUT2D eigenvalue weighted by molar-refractivity contribution is -0.121. The first-order chi connectivity index (χ1) is 15.2. The molecule has 1 amide bonds. The van der Waals surface area contributed by atoms with E-state index in [4.69, 9.17) is 4.74 Å². The van der Waals surface area contributed by atoms with E-state index in [1.807, 2.05) is 35.0 Å². The maximum atomic E-state index is 13.2. The molecule has 1 fully saturated rings. The van der Waals surface area contributed by atoms with Crippen LogP contribution in [0.1, 0.15) is 30.0 Å². The van der Waals surface area contributed by atoms with E-state index < -0.39 is 0 Å². The number of amides is 1. The average molecular weight is 436 g/mol. The van der Waals surface area contributed by atoms with Crippen LogP contribution in [0.3, 0.4) is 0 Å². The fourth-order valence-electron chi connectivity index (χ4n) is 3.97. The van der Waals surface area contributed by atoms with Crippen LogP contribution in [0.25, 0.3) is 11.4 Å². The number of fused-ring (bicyclic) bond motifs is 1. The van der Waals surface area contributed by atoms with Gasteiger partial charge < -0.3 is 15.5 Å². The average Bonchev–Trinajstić information content (AvgIpc) is 3.47. The van der Waals surface area contributed by atoms with Gasteiger partial charge in [-0.1, -0.05) is 71.9 Å². The number of aromatic nitrogens is 3. The number of benzene rings is 2. The van der Waals surface area contributed by atoms with Gasteiger partial charge in [-0.2, -0.15) is 0 Å². The summed E-state index contributed by atoms with van der Waals surface area (Å²) in [6.07, 6.45) is 2.15. The van der Waals surface area contributed by atoms with Crippen LogP contribution < -0.4 is 10.7 Å². The number of nitrogens with one attached hydrogen (secondary N) is 2. The van der Waals surface area contributed by atoms with Crippen molar-refractivity contribution in [3.05, 3.63) is 65.7 Å². The van der Waals surface area contributed by atoms with Gasteiger partial charge in [-0.25, -0.2) is 4.68 Å². The summed E-state index contributed by atoms with van der Waals surface area (Å²) < 4.78 is 7.56. The molecule has 0 bridgehead atoms. The molecule has 0 unspecified atom stereocenters. The molecule has 1 aromatic heterocycles. The first-order valence-electron chi connectivity index (χ1n) is 10.6. The molecule has 1 saturated heterocycles. The number of hydrogen-bond donors (Lipinski definition) is 2. The maximum absolute atomic E-state index is 13.2. The number of aryl methyl sites for hydroxylation is 1. The van der Waals surface area contributed by atoms with Gasteiger partial charge in [0.2, 0.25) is 11.1 Å². The Morgan fingerprint density at radius 3 is 2.74 bits per heavy atom. The van der Waals surface area contributed by atoms with Crippen molar-refractivity contribution >= 4 is 17.7 Å². The van der Waals surface area contributed by atoms with Crippen molar-refractivity contribution in [3.8, 4) is 11.4 Å². The van der Waals surface area contributed by atoms with E-state index in [9.17, 15) is 4.79 Å². The second-order valence-electron chi connectivity index (χ2n) is 7.94. The first-order valence-corrected chi connectivity index (χ1v) is 11.5. The molecule has 0 saturated carbocycles. The molecule has 31 heavy (non-hydrogen) atoms. The molecule has 160 valence electrons. The molecule has 2 N–H and O–H groups in total. The van der Waals surface area contributed by atoms with Crippen molar-refractivity contribution in [3.63, 3.8) is 0 Å². The summed E-state index contributed by atoms with van der Waals surface area (Å²) in [5, 5.41) is 12.1. The maximum Gasteiger partial charge on any atom is 0.236 e. The zero-order valence-electron chi connectivity index (χ0n) is 17.3. The molecule has 5 rings (SSSR count). The van der Waals surface area contributed by atoms with Gasteiger partial charge in [0.1, 0.15) is 5.25 Å². The van der Waals surface area contributed by atoms with E-state index >= 15 is 0 Å². The van der Waals surface area contributed by atoms with Gasteiger partial charge in [0.15, 0.2) is 5.82 Å². The Kier molecular flexibility index (Phi) is 5.65. The van der Waals surface area contributed by atoms with Crippen molar-refractivity contribution in [1.29, 1.82) is 0 Å². The van der Waals surface area contributed by atoms with Crippen LogP contribution in [0.4, 0.5) is 0 Å². The largest absolute Gasteiger partial charge is 0.376 e. The fourth-order valence-corrected chi connectivity index (χ4v) is 5.08. The number of carbonyl (C=O) groups is 1. The minimum absolute atomic E-state index is 0.0194. The Balaban J connectivity index is 1.44. The summed E-state index contributed by atoms with van der Waals surface area (Å²) in [6, 6.07) is 18.0. The molecule has 3 aromatic rings. The highest BCUT2D eigenvalue weighted by Gasteiger charge is 2.38. The zero-order valence-corrected chi connectivity index (χ0v) is 18.1. The van der Waals surface area contributed by atoms with Crippen molar-refractivity contribution in [2.45, 2.75) is 42.3 Å². The molecule has 0 radical (unpaired) electrons. The molecule has 0 aliphatic carbocycles. The minimum atomic E-state index is -0.371. The Morgan fingerprint density at radius 2 is 2.00 bits per heavy atom. The predicted molar refractivity (Wildman–Crippen MR) is 120 cm³/mol. The number of hydrogen-bond acceptors (Lipinski definition) is 6. The highest BCUT2D eigenvalue weighted by molar-refractivity contribution is 8.00. The predicted octanol–water partition coefficient (Wildman–Crippen LogP) is 3.31. The lowest BCUT2D eigenvalue weighted by Crippen LogP contribution is -2.45. The molecule has 2 aliphatic rings. The molecule has 3 heterocycles. The van der Waals surface area contributed by atoms with Crippen LogP contribution in [0, 0.1) is 6.92 Å². The summed E-state index contributed by atoms with van der Waals surface area (Å²) in [7, 11) is 0. The molecule has 2 aromatic carbocycles. The Hall–Kier alpha value is -2.84. The number of carbonyl (C=O) groups excluding carboxylic acids is 1. The molecule has 0 spiro atoms. The van der Waals surface area contributed by atoms with Crippen molar-refractivity contribution in [2.75, 3.05) is 18.6 Å². The number of rotatable bonds is 5. The lowest BCUT2D eigenvalue weighted by Gasteiger charge is -2.33. The monoisotopic (exact) mass is 435 g/mol. The first kappa shape index (κ1) is 20.1. The van der Waals surface area contributed by atoms with Crippen molar-refractivity contribution < 1.29 is 9.53 Å². The van der Waals surface area contributed by atoms with Crippen LogP contribution in [0.5, 0.6) is 0 Å². The van der Waals surface area contributed by atoms with Crippen LogP contribution in [0.2, 0.25) is 0 Å². The third kappa shape index (κ3) is 4.18. The van der Waals surface area contributed by atoms with Crippen LogP contribution in [-0.4, -0.2) is 45.3 Å². The van der Waals surface area contributed by atoms with E-state index in [2.05, 4.69) is 52.1 Å². The Labute approximate surface area is 185 Å². The minimum Gasteiger partial charge on any atom is -0.376 e. The fraction of sp³-hybridized carbons (Fsp3) is 0.348. The summed E-state index contributed by atoms with van der Waals surface area (Å²) in [5.74, 6) is 0.715. The highest BCUT2D eigenvalue weighted by Crippen LogP contribution is 2.38. The standard InChI is InChI=1S/C23H25N5O2S/c1-15-9-11-16(12-10-15)19-20(22(29)24-14-18-8-5-13-30-18)31-23-26-25-21(28(23)27-19)17-6-3-2-4-7-17/h2-4,6-7,9-12,18-20,27H,5,8,13-14H2,1H3,(H,24,29)/t18-,19-,20-/m0/s1. The van der Waals surface area contributed by atoms with E-state index in [0.29, 0.717) is 11.7 Å². The van der Waals surface area contributed by atoms with E-state index in [1.165, 1.54) is 17.3 Å². The SMILES string of the molecule is Cc1ccc([C@@H]2Nn3c(nnc3-c3ccccc3)S[C@@H]2C(=O)NC[C@@H]2CCCO2)cc1. The third-order valence-corrected chi connectivity index (χ3v) is 6.91. The summed E-state index contributed by atoms with van der Waals surface area (Å²) in [5.41, 5.74) is 6.72. The van der Waals surface area contributed by atoms with Crippen LogP contribution in [0.15, 0.2) is 59.8 Å².